The second-order valence-electron chi connectivity index (χ2n) is 4.93. The van der Waals surface area contributed by atoms with Gasteiger partial charge >= 0.3 is 5.63 Å². The minimum atomic E-state index is -0.693. The van der Waals surface area contributed by atoms with Crippen LogP contribution in [0.5, 0.6) is 0 Å². The highest BCUT2D eigenvalue weighted by molar-refractivity contribution is 6.27. The number of fused-ring (bicyclic) bond motifs is 5. The summed E-state index contributed by atoms with van der Waals surface area (Å²) in [4.78, 5) is 35.4. The smallest absolute Gasteiger partial charge is 0.344 e. The molecule has 1 aliphatic carbocycles. The largest absolute Gasteiger partial charge is 0.421 e. The number of hydrogen-bond acceptors (Lipinski definition) is 5. The molecule has 0 fully saturated rings. The maximum atomic E-state index is 12.6. The molecule has 0 unspecified atom stereocenters. The number of benzene rings is 2. The Morgan fingerprint density at radius 3 is 2.41 bits per heavy atom. The number of hydrogen-bond donors (Lipinski definition) is 0. The minimum absolute atomic E-state index is 0.0362. The molecule has 6 heteroatoms. The van der Waals surface area contributed by atoms with E-state index >= 15 is 0 Å². The van der Waals surface area contributed by atoms with E-state index in [1.165, 1.54) is 18.2 Å². The summed E-state index contributed by atoms with van der Waals surface area (Å²) in [7, 11) is 0. The molecule has 0 bridgehead atoms. The number of carbonyl (C=O) groups is 1. The van der Waals surface area contributed by atoms with Crippen LogP contribution in [0.3, 0.4) is 0 Å². The molecule has 0 amide bonds. The standard InChI is InChI=1S/C16H7NO5/c18-14-8-4-1-2-5-9(8)15-13(14)12-10(16(19)22-15)6-3-7-11(12)17(20)21/h1-7H. The molecule has 4 rings (SSSR count). The summed E-state index contributed by atoms with van der Waals surface area (Å²) >= 11 is 0. The summed E-state index contributed by atoms with van der Waals surface area (Å²) in [5.74, 6) is -0.263. The Balaban J connectivity index is 2.26. The number of nitro groups is 1. The van der Waals surface area contributed by atoms with Crippen LogP contribution in [0.4, 0.5) is 5.69 Å². The first-order chi connectivity index (χ1) is 10.6. The molecule has 0 spiro atoms. The van der Waals surface area contributed by atoms with Gasteiger partial charge < -0.3 is 4.42 Å². The number of non-ortho nitro benzene ring substituents is 1. The third-order valence-electron chi connectivity index (χ3n) is 3.77. The van der Waals surface area contributed by atoms with Gasteiger partial charge in [-0.25, -0.2) is 4.79 Å². The minimum Gasteiger partial charge on any atom is -0.421 e. The van der Waals surface area contributed by atoms with Crippen LogP contribution in [-0.2, 0) is 0 Å². The molecule has 3 aromatic rings. The van der Waals surface area contributed by atoms with E-state index in [1.54, 1.807) is 24.3 Å². The Labute approximate surface area is 122 Å². The Morgan fingerprint density at radius 2 is 1.68 bits per heavy atom. The van der Waals surface area contributed by atoms with Crippen molar-refractivity contribution in [2.75, 3.05) is 0 Å². The van der Waals surface area contributed by atoms with Crippen molar-refractivity contribution < 1.29 is 14.1 Å². The zero-order valence-electron chi connectivity index (χ0n) is 11.0. The second kappa shape index (κ2) is 4.11. The van der Waals surface area contributed by atoms with Crippen molar-refractivity contribution in [1.82, 2.24) is 0 Å². The highest BCUT2D eigenvalue weighted by atomic mass is 16.6. The van der Waals surface area contributed by atoms with E-state index in [0.29, 0.717) is 11.1 Å². The molecular formula is C16H7NO5. The van der Waals surface area contributed by atoms with Crippen molar-refractivity contribution in [2.24, 2.45) is 0 Å². The van der Waals surface area contributed by atoms with Crippen molar-refractivity contribution in [3.8, 4) is 11.3 Å². The maximum Gasteiger partial charge on any atom is 0.344 e. The first-order valence-corrected chi connectivity index (χ1v) is 6.48. The van der Waals surface area contributed by atoms with E-state index in [0.717, 1.165) is 0 Å². The summed E-state index contributed by atoms with van der Waals surface area (Å²) in [5, 5.41) is 11.3. The molecule has 2 aromatic carbocycles. The van der Waals surface area contributed by atoms with E-state index in [-0.39, 0.29) is 33.6 Å². The fraction of sp³-hybridized carbons (Fsp3) is 0. The lowest BCUT2D eigenvalue weighted by molar-refractivity contribution is -0.383. The van der Waals surface area contributed by atoms with Crippen LogP contribution in [-0.4, -0.2) is 10.7 Å². The fourth-order valence-electron chi connectivity index (χ4n) is 2.86. The van der Waals surface area contributed by atoms with E-state index in [4.69, 9.17) is 4.42 Å². The molecule has 0 atom stereocenters. The summed E-state index contributed by atoms with van der Waals surface area (Å²) < 4.78 is 5.27. The number of ketones is 1. The third-order valence-corrected chi connectivity index (χ3v) is 3.77. The quantitative estimate of drug-likeness (QED) is 0.397. The lowest BCUT2D eigenvalue weighted by Crippen LogP contribution is -2.06. The van der Waals surface area contributed by atoms with Gasteiger partial charge in [0.1, 0.15) is 0 Å². The van der Waals surface area contributed by atoms with Crippen LogP contribution in [0.1, 0.15) is 15.9 Å². The van der Waals surface area contributed by atoms with Gasteiger partial charge in [0, 0.05) is 17.2 Å². The van der Waals surface area contributed by atoms with Crippen molar-refractivity contribution in [2.45, 2.75) is 0 Å². The van der Waals surface area contributed by atoms with Crippen LogP contribution in [0.25, 0.3) is 22.1 Å². The normalized spacial score (nSPS) is 12.3. The molecular weight excluding hydrogens is 286 g/mol. The first-order valence-electron chi connectivity index (χ1n) is 6.48. The zero-order valence-corrected chi connectivity index (χ0v) is 11.0. The van der Waals surface area contributed by atoms with Crippen LogP contribution >= 0.6 is 0 Å². The average molecular weight is 293 g/mol. The van der Waals surface area contributed by atoms with E-state index in [9.17, 15) is 19.7 Å². The SMILES string of the molecule is O=C1c2ccccc2-c2oc(=O)c3cccc([N+](=O)[O-])c3c21. The number of rotatable bonds is 1. The number of carbonyl (C=O) groups excluding carboxylic acids is 1. The molecule has 0 saturated heterocycles. The predicted octanol–water partition coefficient (Wildman–Crippen LogP) is 2.91. The summed E-state index contributed by atoms with van der Waals surface area (Å²) in [6, 6.07) is 10.8. The molecule has 0 saturated carbocycles. The monoisotopic (exact) mass is 293 g/mol. The van der Waals surface area contributed by atoms with Gasteiger partial charge in [-0.2, -0.15) is 0 Å². The van der Waals surface area contributed by atoms with Gasteiger partial charge in [-0.3, -0.25) is 14.9 Å². The van der Waals surface area contributed by atoms with Gasteiger partial charge in [0.05, 0.1) is 21.3 Å². The maximum absolute atomic E-state index is 12.6. The molecule has 6 nitrogen and oxygen atoms in total. The van der Waals surface area contributed by atoms with Crippen molar-refractivity contribution >= 4 is 22.2 Å². The Hall–Kier alpha value is -3.28. The van der Waals surface area contributed by atoms with Gasteiger partial charge in [0.25, 0.3) is 5.69 Å². The van der Waals surface area contributed by atoms with Crippen LogP contribution < -0.4 is 5.63 Å². The number of nitro benzene ring substituents is 1. The lowest BCUT2D eigenvalue weighted by atomic mass is 10.0. The van der Waals surface area contributed by atoms with Gasteiger partial charge in [0.15, 0.2) is 11.5 Å². The average Bonchev–Trinajstić information content (AvgIpc) is 2.80. The van der Waals surface area contributed by atoms with Crippen molar-refractivity contribution in [3.05, 3.63) is 74.1 Å². The molecule has 0 radical (unpaired) electrons. The highest BCUT2D eigenvalue weighted by Crippen LogP contribution is 2.41. The predicted molar refractivity (Wildman–Crippen MR) is 78.0 cm³/mol. The topological polar surface area (TPSA) is 90.4 Å². The van der Waals surface area contributed by atoms with Gasteiger partial charge in [0.2, 0.25) is 0 Å². The fourth-order valence-corrected chi connectivity index (χ4v) is 2.86. The first kappa shape index (κ1) is 12.5. The Morgan fingerprint density at radius 1 is 0.955 bits per heavy atom. The van der Waals surface area contributed by atoms with Gasteiger partial charge in [-0.1, -0.05) is 30.3 Å². The van der Waals surface area contributed by atoms with Crippen molar-refractivity contribution in [3.63, 3.8) is 0 Å². The van der Waals surface area contributed by atoms with E-state index in [1.807, 2.05) is 0 Å². The Bertz CT molecular complexity index is 1050. The summed E-state index contributed by atoms with van der Waals surface area (Å²) in [6.45, 7) is 0. The zero-order chi connectivity index (χ0) is 15.4. The molecule has 0 aliphatic heterocycles. The van der Waals surface area contributed by atoms with Crippen molar-refractivity contribution in [1.29, 1.82) is 0 Å². The molecule has 0 N–H and O–H groups in total. The van der Waals surface area contributed by atoms with E-state index in [2.05, 4.69) is 0 Å². The van der Waals surface area contributed by atoms with Gasteiger partial charge in [-0.15, -0.1) is 0 Å². The molecule has 1 heterocycles. The highest BCUT2D eigenvalue weighted by Gasteiger charge is 2.34. The molecule has 1 aromatic heterocycles. The lowest BCUT2D eigenvalue weighted by Gasteiger charge is -2.03. The summed E-state index contributed by atoms with van der Waals surface area (Å²) in [5.41, 5.74) is -0.0150. The third kappa shape index (κ3) is 1.43. The van der Waals surface area contributed by atoms with Crippen LogP contribution in [0.15, 0.2) is 51.7 Å². The Kier molecular flexibility index (Phi) is 2.33. The van der Waals surface area contributed by atoms with E-state index < -0.39 is 10.5 Å². The molecule has 22 heavy (non-hydrogen) atoms. The molecule has 106 valence electrons. The molecule has 1 aliphatic rings. The van der Waals surface area contributed by atoms with Crippen LogP contribution in [0.2, 0.25) is 0 Å². The summed E-state index contributed by atoms with van der Waals surface area (Å²) in [6.07, 6.45) is 0. The number of nitrogens with zero attached hydrogens (tertiary/aromatic N) is 1. The second-order valence-corrected chi connectivity index (χ2v) is 4.93. The van der Waals surface area contributed by atoms with Crippen LogP contribution in [0, 0.1) is 10.1 Å². The van der Waals surface area contributed by atoms with Gasteiger partial charge in [-0.05, 0) is 6.07 Å².